The first-order chi connectivity index (χ1) is 14.1. The standard InChI is InChI=1S/C24H26FNO3/c1-3-24(27)26(17-18-6-12-21(28-2)13-7-18)15-14-22(23-5-4-16-29-23)19-8-10-20(25)11-9-19/h4-13,16,22H,3,14-15,17H2,1-2H3. The molecule has 3 aromatic rings. The lowest BCUT2D eigenvalue weighted by Gasteiger charge is -2.25. The van der Waals surface area contributed by atoms with Crippen LogP contribution in [-0.2, 0) is 11.3 Å². The largest absolute Gasteiger partial charge is 0.497 e. The third kappa shape index (κ3) is 5.47. The van der Waals surface area contributed by atoms with Crippen molar-refractivity contribution in [3.63, 3.8) is 0 Å². The topological polar surface area (TPSA) is 42.7 Å². The maximum Gasteiger partial charge on any atom is 0.222 e. The molecule has 0 radical (unpaired) electrons. The summed E-state index contributed by atoms with van der Waals surface area (Å²) < 4.78 is 24.2. The maximum absolute atomic E-state index is 13.4. The fourth-order valence-electron chi connectivity index (χ4n) is 3.41. The van der Waals surface area contributed by atoms with E-state index < -0.39 is 0 Å². The van der Waals surface area contributed by atoms with E-state index >= 15 is 0 Å². The minimum absolute atomic E-state index is 0.0476. The molecule has 5 heteroatoms. The molecule has 0 spiro atoms. The fourth-order valence-corrected chi connectivity index (χ4v) is 3.41. The average molecular weight is 395 g/mol. The van der Waals surface area contributed by atoms with Gasteiger partial charge in [0, 0.05) is 25.4 Å². The van der Waals surface area contributed by atoms with E-state index in [0.717, 1.165) is 22.6 Å². The minimum Gasteiger partial charge on any atom is -0.497 e. The molecule has 2 aromatic carbocycles. The highest BCUT2D eigenvalue weighted by atomic mass is 19.1. The van der Waals surface area contributed by atoms with Crippen molar-refractivity contribution in [2.75, 3.05) is 13.7 Å². The minimum atomic E-state index is -0.269. The second-order valence-corrected chi connectivity index (χ2v) is 6.93. The smallest absolute Gasteiger partial charge is 0.222 e. The van der Waals surface area contributed by atoms with Crippen molar-refractivity contribution in [1.29, 1.82) is 0 Å². The molecule has 1 aromatic heterocycles. The second-order valence-electron chi connectivity index (χ2n) is 6.93. The van der Waals surface area contributed by atoms with Crippen molar-refractivity contribution >= 4 is 5.91 Å². The highest BCUT2D eigenvalue weighted by Gasteiger charge is 2.20. The first-order valence-electron chi connectivity index (χ1n) is 9.80. The lowest BCUT2D eigenvalue weighted by atomic mass is 9.93. The van der Waals surface area contributed by atoms with Crippen LogP contribution < -0.4 is 4.74 Å². The van der Waals surface area contributed by atoms with Crippen LogP contribution in [0, 0.1) is 5.82 Å². The van der Waals surface area contributed by atoms with E-state index in [1.54, 1.807) is 25.5 Å². The Labute approximate surface area is 170 Å². The van der Waals surface area contributed by atoms with Gasteiger partial charge in [-0.1, -0.05) is 31.2 Å². The molecular formula is C24H26FNO3. The summed E-state index contributed by atoms with van der Waals surface area (Å²) in [6.45, 7) is 2.97. The van der Waals surface area contributed by atoms with E-state index in [-0.39, 0.29) is 17.6 Å². The molecule has 4 nitrogen and oxygen atoms in total. The van der Waals surface area contributed by atoms with Gasteiger partial charge in [-0.15, -0.1) is 0 Å². The summed E-state index contributed by atoms with van der Waals surface area (Å²) in [6, 6.07) is 18.0. The Hall–Kier alpha value is -3.08. The van der Waals surface area contributed by atoms with E-state index in [1.165, 1.54) is 12.1 Å². The summed E-state index contributed by atoms with van der Waals surface area (Å²) in [5.74, 6) is 1.38. The van der Waals surface area contributed by atoms with Gasteiger partial charge in [-0.3, -0.25) is 4.79 Å². The van der Waals surface area contributed by atoms with Crippen LogP contribution in [0.3, 0.4) is 0 Å². The number of hydrogen-bond acceptors (Lipinski definition) is 3. The van der Waals surface area contributed by atoms with Gasteiger partial charge in [0.1, 0.15) is 17.3 Å². The summed E-state index contributed by atoms with van der Waals surface area (Å²) in [4.78, 5) is 14.4. The molecule has 1 atom stereocenters. The average Bonchev–Trinajstić information content (AvgIpc) is 3.28. The Bertz CT molecular complexity index is 889. The Morgan fingerprint density at radius 2 is 1.83 bits per heavy atom. The molecule has 3 rings (SSSR count). The van der Waals surface area contributed by atoms with Gasteiger partial charge < -0.3 is 14.1 Å². The summed E-state index contributed by atoms with van der Waals surface area (Å²) >= 11 is 0. The zero-order chi connectivity index (χ0) is 20.6. The lowest BCUT2D eigenvalue weighted by Crippen LogP contribution is -2.31. The number of amides is 1. The zero-order valence-electron chi connectivity index (χ0n) is 16.8. The second kappa shape index (κ2) is 9.92. The first-order valence-corrected chi connectivity index (χ1v) is 9.80. The number of rotatable bonds is 9. The number of hydrogen-bond donors (Lipinski definition) is 0. The van der Waals surface area contributed by atoms with Gasteiger partial charge in [0.2, 0.25) is 5.91 Å². The number of nitrogens with zero attached hydrogens (tertiary/aromatic N) is 1. The highest BCUT2D eigenvalue weighted by Crippen LogP contribution is 2.29. The van der Waals surface area contributed by atoms with E-state index in [1.807, 2.05) is 48.2 Å². The number of methoxy groups -OCH3 is 1. The van der Waals surface area contributed by atoms with E-state index in [2.05, 4.69) is 0 Å². The predicted octanol–water partition coefficient (Wildman–Crippen LogP) is 5.39. The molecule has 0 aliphatic rings. The zero-order valence-corrected chi connectivity index (χ0v) is 16.8. The van der Waals surface area contributed by atoms with Crippen LogP contribution >= 0.6 is 0 Å². The molecule has 29 heavy (non-hydrogen) atoms. The van der Waals surface area contributed by atoms with Crippen molar-refractivity contribution in [1.82, 2.24) is 4.90 Å². The van der Waals surface area contributed by atoms with Gasteiger partial charge in [-0.05, 0) is 53.9 Å². The van der Waals surface area contributed by atoms with E-state index in [9.17, 15) is 9.18 Å². The molecular weight excluding hydrogens is 369 g/mol. The maximum atomic E-state index is 13.4. The van der Waals surface area contributed by atoms with Crippen molar-refractivity contribution in [2.45, 2.75) is 32.2 Å². The van der Waals surface area contributed by atoms with Crippen LogP contribution in [0.25, 0.3) is 0 Å². The summed E-state index contributed by atoms with van der Waals surface area (Å²) in [5.41, 5.74) is 2.01. The number of carbonyl (C=O) groups excluding carboxylic acids is 1. The summed E-state index contributed by atoms with van der Waals surface area (Å²) in [6.07, 6.45) is 2.76. The molecule has 0 saturated carbocycles. The van der Waals surface area contributed by atoms with Crippen LogP contribution in [0.4, 0.5) is 4.39 Å². The normalized spacial score (nSPS) is 11.8. The number of ether oxygens (including phenoxy) is 1. The highest BCUT2D eigenvalue weighted by molar-refractivity contribution is 5.75. The van der Waals surface area contributed by atoms with E-state index in [0.29, 0.717) is 25.9 Å². The van der Waals surface area contributed by atoms with Crippen LogP contribution in [0.1, 0.15) is 42.6 Å². The number of carbonyl (C=O) groups is 1. The number of furan rings is 1. The van der Waals surface area contributed by atoms with Crippen molar-refractivity contribution in [3.05, 3.63) is 89.6 Å². The number of halogens is 1. The van der Waals surface area contributed by atoms with Crippen LogP contribution in [0.5, 0.6) is 5.75 Å². The Morgan fingerprint density at radius 3 is 2.41 bits per heavy atom. The molecule has 0 bridgehead atoms. The lowest BCUT2D eigenvalue weighted by molar-refractivity contribution is -0.131. The Morgan fingerprint density at radius 1 is 1.10 bits per heavy atom. The summed E-state index contributed by atoms with van der Waals surface area (Å²) in [5, 5.41) is 0. The third-order valence-corrected chi connectivity index (χ3v) is 5.03. The van der Waals surface area contributed by atoms with Crippen LogP contribution in [-0.4, -0.2) is 24.5 Å². The van der Waals surface area contributed by atoms with Crippen LogP contribution in [0.15, 0.2) is 71.3 Å². The van der Waals surface area contributed by atoms with Crippen molar-refractivity contribution in [2.24, 2.45) is 0 Å². The molecule has 1 heterocycles. The predicted molar refractivity (Wildman–Crippen MR) is 110 cm³/mol. The molecule has 0 saturated heterocycles. The Balaban J connectivity index is 1.76. The molecule has 152 valence electrons. The van der Waals surface area contributed by atoms with Gasteiger partial charge in [-0.25, -0.2) is 4.39 Å². The van der Waals surface area contributed by atoms with Crippen molar-refractivity contribution in [3.8, 4) is 5.75 Å². The SMILES string of the molecule is CCC(=O)N(CCC(c1ccc(F)cc1)c1ccco1)Cc1ccc(OC)cc1. The van der Waals surface area contributed by atoms with Gasteiger partial charge in [0.15, 0.2) is 0 Å². The van der Waals surface area contributed by atoms with Gasteiger partial charge in [0.05, 0.1) is 13.4 Å². The molecule has 0 N–H and O–H groups in total. The van der Waals surface area contributed by atoms with E-state index in [4.69, 9.17) is 9.15 Å². The molecule has 1 unspecified atom stereocenters. The van der Waals surface area contributed by atoms with Gasteiger partial charge >= 0.3 is 0 Å². The molecule has 1 amide bonds. The number of benzene rings is 2. The molecule has 0 aliphatic heterocycles. The van der Waals surface area contributed by atoms with Gasteiger partial charge in [0.25, 0.3) is 0 Å². The summed E-state index contributed by atoms with van der Waals surface area (Å²) in [7, 11) is 1.63. The van der Waals surface area contributed by atoms with Crippen molar-refractivity contribution < 1.29 is 18.3 Å². The molecule has 0 fully saturated rings. The monoisotopic (exact) mass is 395 g/mol. The quantitative estimate of drug-likeness (QED) is 0.488. The Kier molecular flexibility index (Phi) is 7.06. The molecule has 0 aliphatic carbocycles. The van der Waals surface area contributed by atoms with Crippen LogP contribution in [0.2, 0.25) is 0 Å². The first kappa shape index (κ1) is 20.6. The fraction of sp³-hybridized carbons (Fsp3) is 0.292. The van der Waals surface area contributed by atoms with Gasteiger partial charge in [-0.2, -0.15) is 0 Å². The third-order valence-electron chi connectivity index (χ3n) is 5.03.